The summed E-state index contributed by atoms with van der Waals surface area (Å²) in [6, 6.07) is 16.6. The molecule has 0 fully saturated rings. The predicted molar refractivity (Wildman–Crippen MR) is 109 cm³/mol. The van der Waals surface area contributed by atoms with Crippen LogP contribution in [0.25, 0.3) is 11.0 Å². The maximum Gasteiger partial charge on any atom is 0.222 e. The third-order valence-corrected chi connectivity index (χ3v) is 4.92. The van der Waals surface area contributed by atoms with Crippen LogP contribution < -0.4 is 5.32 Å². The van der Waals surface area contributed by atoms with Crippen molar-refractivity contribution >= 4 is 32.9 Å². The van der Waals surface area contributed by atoms with Gasteiger partial charge in [0.15, 0.2) is 0 Å². The zero-order valence-electron chi connectivity index (χ0n) is 15.2. The van der Waals surface area contributed by atoms with Crippen molar-refractivity contribution in [3.05, 3.63) is 64.4 Å². The van der Waals surface area contributed by atoms with E-state index in [0.29, 0.717) is 6.54 Å². The summed E-state index contributed by atoms with van der Waals surface area (Å²) in [5, 5.41) is 2.98. The number of nitrogens with one attached hydrogen (secondary N) is 1. The second-order valence-corrected chi connectivity index (χ2v) is 7.69. The summed E-state index contributed by atoms with van der Waals surface area (Å²) in [5.41, 5.74) is 3.41. The van der Waals surface area contributed by atoms with Gasteiger partial charge in [-0.2, -0.15) is 0 Å². The first kappa shape index (κ1) is 18.6. The molecule has 2 aromatic carbocycles. The number of aryl methyl sites for hydroxylation is 1. The second-order valence-electron chi connectivity index (χ2n) is 6.78. The standard InChI is InChI=1S/C21H24BrN3O/c1-15(2)21(26)23-13-5-8-20-24-18-6-3-4-7-19(18)25(20)14-16-9-11-17(22)12-10-16/h3-4,6-7,9-12,15H,5,8,13-14H2,1-2H3,(H,23,26). The highest BCUT2D eigenvalue weighted by Gasteiger charge is 2.11. The highest BCUT2D eigenvalue weighted by Crippen LogP contribution is 2.20. The number of rotatable bonds is 7. The quantitative estimate of drug-likeness (QED) is 0.577. The molecule has 5 heteroatoms. The highest BCUT2D eigenvalue weighted by atomic mass is 79.9. The molecule has 3 aromatic rings. The number of halogens is 1. The molecule has 136 valence electrons. The third-order valence-electron chi connectivity index (χ3n) is 4.39. The first-order valence-electron chi connectivity index (χ1n) is 9.01. The largest absolute Gasteiger partial charge is 0.356 e. The lowest BCUT2D eigenvalue weighted by Gasteiger charge is -2.11. The van der Waals surface area contributed by atoms with Crippen LogP contribution in [0.15, 0.2) is 53.0 Å². The van der Waals surface area contributed by atoms with E-state index in [-0.39, 0.29) is 11.8 Å². The average molecular weight is 414 g/mol. The van der Waals surface area contributed by atoms with Gasteiger partial charge in [0.25, 0.3) is 0 Å². The van der Waals surface area contributed by atoms with Gasteiger partial charge >= 0.3 is 0 Å². The predicted octanol–water partition coefficient (Wildman–Crippen LogP) is 4.55. The van der Waals surface area contributed by atoms with Crippen LogP contribution in [0.1, 0.15) is 31.7 Å². The number of nitrogens with zero attached hydrogens (tertiary/aromatic N) is 2. The van der Waals surface area contributed by atoms with Crippen LogP contribution in [-0.2, 0) is 17.8 Å². The molecule has 0 saturated heterocycles. The fraction of sp³-hybridized carbons (Fsp3) is 0.333. The number of imidazole rings is 1. The molecule has 0 aliphatic heterocycles. The molecule has 3 rings (SSSR count). The fourth-order valence-corrected chi connectivity index (χ4v) is 3.19. The van der Waals surface area contributed by atoms with Crippen molar-refractivity contribution < 1.29 is 4.79 Å². The zero-order valence-corrected chi connectivity index (χ0v) is 16.8. The van der Waals surface area contributed by atoms with Crippen LogP contribution in [0.4, 0.5) is 0 Å². The summed E-state index contributed by atoms with van der Waals surface area (Å²) in [5.74, 6) is 1.19. The van der Waals surface area contributed by atoms with Gasteiger partial charge in [0, 0.05) is 29.9 Å². The lowest BCUT2D eigenvalue weighted by molar-refractivity contribution is -0.123. The van der Waals surface area contributed by atoms with Gasteiger partial charge in [-0.1, -0.05) is 54.0 Å². The SMILES string of the molecule is CC(C)C(=O)NCCCc1nc2ccccc2n1Cc1ccc(Br)cc1. The Morgan fingerprint density at radius 3 is 2.62 bits per heavy atom. The van der Waals surface area contributed by atoms with Crippen LogP contribution in [0.5, 0.6) is 0 Å². The number of hydrogen-bond acceptors (Lipinski definition) is 2. The molecule has 0 spiro atoms. The van der Waals surface area contributed by atoms with E-state index in [1.54, 1.807) is 0 Å². The highest BCUT2D eigenvalue weighted by molar-refractivity contribution is 9.10. The third kappa shape index (κ3) is 4.52. The van der Waals surface area contributed by atoms with E-state index >= 15 is 0 Å². The van der Waals surface area contributed by atoms with Crippen molar-refractivity contribution in [1.82, 2.24) is 14.9 Å². The van der Waals surface area contributed by atoms with Crippen LogP contribution in [0, 0.1) is 5.92 Å². The van der Waals surface area contributed by atoms with Crippen molar-refractivity contribution in [2.24, 2.45) is 5.92 Å². The normalized spacial score (nSPS) is 11.2. The van der Waals surface area contributed by atoms with E-state index in [2.05, 4.69) is 68.3 Å². The van der Waals surface area contributed by atoms with E-state index in [0.717, 1.165) is 40.7 Å². The molecule has 0 bridgehead atoms. The lowest BCUT2D eigenvalue weighted by atomic mass is 10.2. The van der Waals surface area contributed by atoms with Crippen LogP contribution >= 0.6 is 15.9 Å². The minimum Gasteiger partial charge on any atom is -0.356 e. The molecule has 1 amide bonds. The van der Waals surface area contributed by atoms with Gasteiger partial charge in [0.2, 0.25) is 5.91 Å². The molecule has 1 aromatic heterocycles. The molecular formula is C21H24BrN3O. The smallest absolute Gasteiger partial charge is 0.222 e. The van der Waals surface area contributed by atoms with Gasteiger partial charge in [-0.05, 0) is 36.2 Å². The molecule has 0 saturated carbocycles. The van der Waals surface area contributed by atoms with Crippen LogP contribution in [-0.4, -0.2) is 22.0 Å². The molecule has 0 radical (unpaired) electrons. The van der Waals surface area contributed by atoms with Crippen molar-refractivity contribution in [3.8, 4) is 0 Å². The molecule has 0 unspecified atom stereocenters. The number of benzene rings is 2. The maximum absolute atomic E-state index is 11.7. The lowest BCUT2D eigenvalue weighted by Crippen LogP contribution is -2.28. The molecule has 1 heterocycles. The Labute approximate surface area is 162 Å². The maximum atomic E-state index is 11.7. The Balaban J connectivity index is 1.76. The van der Waals surface area contributed by atoms with E-state index in [1.165, 1.54) is 5.56 Å². The molecule has 4 nitrogen and oxygen atoms in total. The van der Waals surface area contributed by atoms with Crippen molar-refractivity contribution in [1.29, 1.82) is 0 Å². The summed E-state index contributed by atoms with van der Waals surface area (Å²) in [4.78, 5) is 16.5. The van der Waals surface area contributed by atoms with E-state index < -0.39 is 0 Å². The molecule has 0 aliphatic rings. The van der Waals surface area contributed by atoms with Crippen molar-refractivity contribution in [3.63, 3.8) is 0 Å². The van der Waals surface area contributed by atoms with Gasteiger partial charge in [-0.25, -0.2) is 4.98 Å². The average Bonchev–Trinajstić information content (AvgIpc) is 2.98. The molecule has 0 aliphatic carbocycles. The topological polar surface area (TPSA) is 46.9 Å². The second kappa shape index (κ2) is 8.49. The van der Waals surface area contributed by atoms with Crippen LogP contribution in [0.2, 0.25) is 0 Å². The number of carbonyl (C=O) groups is 1. The van der Waals surface area contributed by atoms with Gasteiger partial charge in [0.05, 0.1) is 11.0 Å². The molecule has 1 N–H and O–H groups in total. The summed E-state index contributed by atoms with van der Waals surface area (Å²) in [7, 11) is 0. The summed E-state index contributed by atoms with van der Waals surface area (Å²) in [6.07, 6.45) is 1.71. The summed E-state index contributed by atoms with van der Waals surface area (Å²) in [6.45, 7) is 5.29. The van der Waals surface area contributed by atoms with Gasteiger partial charge in [0.1, 0.15) is 5.82 Å². The molecule has 0 atom stereocenters. The first-order chi connectivity index (χ1) is 12.5. The van der Waals surface area contributed by atoms with Gasteiger partial charge in [-0.15, -0.1) is 0 Å². The van der Waals surface area contributed by atoms with Gasteiger partial charge in [-0.3, -0.25) is 4.79 Å². The molecule has 26 heavy (non-hydrogen) atoms. The first-order valence-corrected chi connectivity index (χ1v) is 9.80. The minimum absolute atomic E-state index is 0.0250. The molecular weight excluding hydrogens is 390 g/mol. The Bertz CT molecular complexity index is 884. The zero-order chi connectivity index (χ0) is 18.5. The number of hydrogen-bond donors (Lipinski definition) is 1. The van der Waals surface area contributed by atoms with E-state index in [9.17, 15) is 4.79 Å². The Kier molecular flexibility index (Phi) is 6.09. The number of fused-ring (bicyclic) bond motifs is 1. The number of aromatic nitrogens is 2. The monoisotopic (exact) mass is 413 g/mol. The summed E-state index contributed by atoms with van der Waals surface area (Å²) < 4.78 is 3.36. The van der Waals surface area contributed by atoms with E-state index in [4.69, 9.17) is 4.98 Å². The van der Waals surface area contributed by atoms with Gasteiger partial charge < -0.3 is 9.88 Å². The van der Waals surface area contributed by atoms with Crippen LogP contribution in [0.3, 0.4) is 0 Å². The van der Waals surface area contributed by atoms with Crippen molar-refractivity contribution in [2.75, 3.05) is 6.54 Å². The Morgan fingerprint density at radius 1 is 1.15 bits per heavy atom. The number of carbonyl (C=O) groups excluding carboxylic acids is 1. The Hall–Kier alpha value is -2.14. The fourth-order valence-electron chi connectivity index (χ4n) is 2.93. The number of amides is 1. The van der Waals surface area contributed by atoms with E-state index in [1.807, 2.05) is 19.9 Å². The Morgan fingerprint density at radius 2 is 1.88 bits per heavy atom. The van der Waals surface area contributed by atoms with Crippen molar-refractivity contribution in [2.45, 2.75) is 33.2 Å². The minimum atomic E-state index is 0.0250. The summed E-state index contributed by atoms with van der Waals surface area (Å²) >= 11 is 3.49. The number of para-hydroxylation sites is 2.